The van der Waals surface area contributed by atoms with Gasteiger partial charge in [-0.2, -0.15) is 0 Å². The van der Waals surface area contributed by atoms with Gasteiger partial charge < -0.3 is 0 Å². The quantitative estimate of drug-likeness (QED) is 0.332. The Morgan fingerprint density at radius 1 is 1.06 bits per heavy atom. The van der Waals surface area contributed by atoms with E-state index in [1.54, 1.807) is 0 Å². The molecule has 0 amide bonds. The van der Waals surface area contributed by atoms with Gasteiger partial charge in [-0.15, -0.1) is 6.42 Å². The van der Waals surface area contributed by atoms with Crippen molar-refractivity contribution in [2.45, 2.75) is 6.04 Å². The fourth-order valence-electron chi connectivity index (χ4n) is 1.86. The molecule has 0 fully saturated rings. The lowest BCUT2D eigenvalue weighted by Crippen LogP contribution is -1.99. The predicted molar refractivity (Wildman–Crippen MR) is 71.8 cm³/mol. The second-order valence-electron chi connectivity index (χ2n) is 3.75. The summed E-state index contributed by atoms with van der Waals surface area (Å²) in [5.41, 5.74) is 11.3. The lowest BCUT2D eigenvalue weighted by Gasteiger charge is -2.13. The average molecular weight is 233 g/mol. The summed E-state index contributed by atoms with van der Waals surface area (Å²) in [6.07, 6.45) is 5.48. The maximum atomic E-state index is 8.73. The van der Waals surface area contributed by atoms with Crippen molar-refractivity contribution >= 4 is 0 Å². The third-order valence-electron chi connectivity index (χ3n) is 2.69. The van der Waals surface area contributed by atoms with E-state index in [4.69, 9.17) is 12.0 Å². The van der Waals surface area contributed by atoms with Gasteiger partial charge >= 0.3 is 0 Å². The van der Waals surface area contributed by atoms with Crippen LogP contribution in [-0.4, -0.2) is 0 Å². The molecule has 1 atom stereocenters. The minimum absolute atomic E-state index is 0.386. The summed E-state index contributed by atoms with van der Waals surface area (Å²) in [4.78, 5) is 2.92. The minimum atomic E-state index is -0.386. The van der Waals surface area contributed by atoms with Crippen molar-refractivity contribution in [1.29, 1.82) is 0 Å². The third kappa shape index (κ3) is 2.35. The SMILES string of the molecule is C#Cc1ccccc1C(N=[N+]=[N-])c1ccccc1. The van der Waals surface area contributed by atoms with E-state index in [0.29, 0.717) is 0 Å². The highest BCUT2D eigenvalue weighted by Crippen LogP contribution is 2.28. The molecule has 0 aliphatic carbocycles. The molecule has 0 aromatic heterocycles. The standard InChI is InChI=1S/C15H11N3/c1-2-12-8-6-7-11-14(12)15(17-18-16)13-9-4-3-5-10-13/h1,3-11,15H. The smallest absolute Gasteiger partial charge is 0.0888 e. The summed E-state index contributed by atoms with van der Waals surface area (Å²) in [6, 6.07) is 16.7. The molecule has 0 spiro atoms. The van der Waals surface area contributed by atoms with Crippen LogP contribution in [0.25, 0.3) is 10.4 Å². The zero-order valence-corrected chi connectivity index (χ0v) is 9.69. The molecule has 0 saturated carbocycles. The summed E-state index contributed by atoms with van der Waals surface area (Å²) in [6.45, 7) is 0. The van der Waals surface area contributed by atoms with Gasteiger partial charge in [0.2, 0.25) is 0 Å². The van der Waals surface area contributed by atoms with E-state index in [9.17, 15) is 0 Å². The Labute approximate surface area is 106 Å². The van der Waals surface area contributed by atoms with Crippen molar-refractivity contribution in [1.82, 2.24) is 0 Å². The molecule has 2 aromatic carbocycles. The van der Waals surface area contributed by atoms with E-state index in [1.807, 2.05) is 54.6 Å². The summed E-state index contributed by atoms with van der Waals surface area (Å²) < 4.78 is 0. The van der Waals surface area contributed by atoms with Gasteiger partial charge in [0.25, 0.3) is 0 Å². The molecular weight excluding hydrogens is 222 g/mol. The van der Waals surface area contributed by atoms with Crippen molar-refractivity contribution in [2.24, 2.45) is 5.11 Å². The highest BCUT2D eigenvalue weighted by molar-refractivity contribution is 5.45. The zero-order chi connectivity index (χ0) is 12.8. The molecule has 3 heteroatoms. The maximum absolute atomic E-state index is 8.73. The predicted octanol–water partition coefficient (Wildman–Crippen LogP) is 4.07. The normalized spacial score (nSPS) is 11.1. The van der Waals surface area contributed by atoms with Gasteiger partial charge in [0.15, 0.2) is 0 Å². The Bertz CT molecular complexity index is 620. The van der Waals surface area contributed by atoms with Gasteiger partial charge in [-0.25, -0.2) is 0 Å². The van der Waals surface area contributed by atoms with Crippen LogP contribution < -0.4 is 0 Å². The number of benzene rings is 2. The first-order valence-corrected chi connectivity index (χ1v) is 5.51. The molecule has 0 aliphatic heterocycles. The Morgan fingerprint density at radius 3 is 2.39 bits per heavy atom. The molecule has 0 aliphatic rings. The molecule has 0 radical (unpaired) electrons. The molecule has 0 saturated heterocycles. The minimum Gasteiger partial charge on any atom is -0.115 e. The van der Waals surface area contributed by atoms with Crippen LogP contribution >= 0.6 is 0 Å². The van der Waals surface area contributed by atoms with E-state index < -0.39 is 0 Å². The van der Waals surface area contributed by atoms with E-state index >= 15 is 0 Å². The van der Waals surface area contributed by atoms with Crippen LogP contribution in [0.2, 0.25) is 0 Å². The first-order chi connectivity index (χ1) is 8.86. The summed E-state index contributed by atoms with van der Waals surface area (Å²) >= 11 is 0. The van der Waals surface area contributed by atoms with Crippen LogP contribution in [0.1, 0.15) is 22.7 Å². The van der Waals surface area contributed by atoms with Gasteiger partial charge in [-0.3, -0.25) is 0 Å². The molecule has 0 bridgehead atoms. The number of terminal acetylenes is 1. The number of hydrogen-bond acceptors (Lipinski definition) is 1. The molecule has 0 N–H and O–H groups in total. The van der Waals surface area contributed by atoms with Gasteiger partial charge in [0.1, 0.15) is 0 Å². The van der Waals surface area contributed by atoms with Crippen molar-refractivity contribution in [3.8, 4) is 12.3 Å². The average Bonchev–Trinajstić information content (AvgIpc) is 2.46. The van der Waals surface area contributed by atoms with Gasteiger partial charge in [0.05, 0.1) is 6.04 Å². The first-order valence-electron chi connectivity index (χ1n) is 5.51. The van der Waals surface area contributed by atoms with Crippen LogP contribution in [0.15, 0.2) is 59.7 Å². The first kappa shape index (κ1) is 11.8. The summed E-state index contributed by atoms with van der Waals surface area (Å²) in [5, 5.41) is 3.86. The molecule has 1 unspecified atom stereocenters. The van der Waals surface area contributed by atoms with Crippen molar-refractivity contribution < 1.29 is 0 Å². The zero-order valence-electron chi connectivity index (χ0n) is 9.69. The lowest BCUT2D eigenvalue weighted by molar-refractivity contribution is 0.856. The van der Waals surface area contributed by atoms with Gasteiger partial charge in [-0.1, -0.05) is 59.6 Å². The second-order valence-corrected chi connectivity index (χ2v) is 3.75. The number of nitrogens with zero attached hydrogens (tertiary/aromatic N) is 3. The van der Waals surface area contributed by atoms with Gasteiger partial charge in [-0.05, 0) is 22.7 Å². The van der Waals surface area contributed by atoms with E-state index in [1.165, 1.54) is 0 Å². The highest BCUT2D eigenvalue weighted by Gasteiger charge is 2.14. The summed E-state index contributed by atoms with van der Waals surface area (Å²) in [7, 11) is 0. The van der Waals surface area contributed by atoms with Gasteiger partial charge in [0, 0.05) is 10.5 Å². The van der Waals surface area contributed by atoms with E-state index in [2.05, 4.69) is 15.9 Å². The van der Waals surface area contributed by atoms with Crippen LogP contribution in [-0.2, 0) is 0 Å². The molecule has 3 nitrogen and oxygen atoms in total. The van der Waals surface area contributed by atoms with Crippen LogP contribution in [0.3, 0.4) is 0 Å². The Balaban J connectivity index is 2.56. The molecule has 0 heterocycles. The Hall–Kier alpha value is -2.69. The largest absolute Gasteiger partial charge is 0.115 e. The van der Waals surface area contributed by atoms with Crippen molar-refractivity contribution in [2.75, 3.05) is 0 Å². The third-order valence-corrected chi connectivity index (χ3v) is 2.69. The fraction of sp³-hybridized carbons (Fsp3) is 0.0667. The topological polar surface area (TPSA) is 48.8 Å². The molecule has 86 valence electrons. The monoisotopic (exact) mass is 233 g/mol. The van der Waals surface area contributed by atoms with Crippen LogP contribution in [0, 0.1) is 12.3 Å². The van der Waals surface area contributed by atoms with Crippen LogP contribution in [0.4, 0.5) is 0 Å². The van der Waals surface area contributed by atoms with E-state index in [0.717, 1.165) is 16.7 Å². The molecule has 2 rings (SSSR count). The Kier molecular flexibility index (Phi) is 3.66. The lowest BCUT2D eigenvalue weighted by atomic mass is 9.95. The summed E-state index contributed by atoms with van der Waals surface area (Å²) in [5.74, 6) is 2.62. The van der Waals surface area contributed by atoms with Crippen LogP contribution in [0.5, 0.6) is 0 Å². The second kappa shape index (κ2) is 5.58. The van der Waals surface area contributed by atoms with E-state index in [-0.39, 0.29) is 6.04 Å². The molecule has 18 heavy (non-hydrogen) atoms. The highest BCUT2D eigenvalue weighted by atomic mass is 15.1. The molecule has 2 aromatic rings. The molecular formula is C15H11N3. The van der Waals surface area contributed by atoms with Crippen molar-refractivity contribution in [3.05, 3.63) is 81.7 Å². The Morgan fingerprint density at radius 2 is 1.72 bits per heavy atom. The number of rotatable bonds is 3. The number of azide groups is 1. The van der Waals surface area contributed by atoms with Crippen molar-refractivity contribution in [3.63, 3.8) is 0 Å². The fourth-order valence-corrected chi connectivity index (χ4v) is 1.86. The number of hydrogen-bond donors (Lipinski definition) is 0. The maximum Gasteiger partial charge on any atom is 0.0888 e.